The number of rotatable bonds is 7. The van der Waals surface area contributed by atoms with Gasteiger partial charge in [0.2, 0.25) is 0 Å². The van der Waals surface area contributed by atoms with Crippen LogP contribution in [0.1, 0.15) is 28.9 Å². The van der Waals surface area contributed by atoms with Gasteiger partial charge in [0.05, 0.1) is 27.0 Å². The number of carbonyl (C=O) groups excluding carboxylic acids is 2. The Hall–Kier alpha value is -3.28. The predicted octanol–water partition coefficient (Wildman–Crippen LogP) is 3.37. The second kappa shape index (κ2) is 10.6. The minimum absolute atomic E-state index is 0.192. The number of halogens is 2. The van der Waals surface area contributed by atoms with Gasteiger partial charge in [-0.05, 0) is 44.0 Å². The van der Waals surface area contributed by atoms with Crippen LogP contribution in [-0.2, 0) is 26.6 Å². The monoisotopic (exact) mass is 566 g/mol. The van der Waals surface area contributed by atoms with Crippen molar-refractivity contribution in [2.24, 2.45) is 7.05 Å². The fraction of sp³-hybridized carbons (Fsp3) is 0.292. The Morgan fingerprint density at radius 3 is 2.38 bits per heavy atom. The quantitative estimate of drug-likeness (QED) is 0.438. The molecular formula is C24H24Cl2N4O6S. The average Bonchev–Trinajstić information content (AvgIpc) is 3.48. The molecule has 10 nitrogen and oxygen atoms in total. The third-order valence-electron chi connectivity index (χ3n) is 6.10. The summed E-state index contributed by atoms with van der Waals surface area (Å²) in [5.74, 6) is -1.28. The van der Waals surface area contributed by atoms with Crippen molar-refractivity contribution in [2.75, 3.05) is 24.4 Å². The van der Waals surface area contributed by atoms with Gasteiger partial charge in [0.25, 0.3) is 21.5 Å². The molecule has 1 N–H and O–H groups in total. The van der Waals surface area contributed by atoms with Crippen LogP contribution >= 0.6 is 23.2 Å². The lowest BCUT2D eigenvalue weighted by Crippen LogP contribution is -2.32. The maximum Gasteiger partial charge on any atom is 0.338 e. The van der Waals surface area contributed by atoms with E-state index in [1.165, 1.54) is 9.36 Å². The van der Waals surface area contributed by atoms with Crippen LogP contribution in [0.25, 0.3) is 5.69 Å². The number of carbonyl (C=O) groups is 2. The highest BCUT2D eigenvalue weighted by molar-refractivity contribution is 7.92. The van der Waals surface area contributed by atoms with Gasteiger partial charge in [-0.1, -0.05) is 41.4 Å². The summed E-state index contributed by atoms with van der Waals surface area (Å²) < 4.78 is 36.8. The smallest absolute Gasteiger partial charge is 0.338 e. The number of benzene rings is 2. The molecule has 196 valence electrons. The molecule has 37 heavy (non-hydrogen) atoms. The first kappa shape index (κ1) is 26.8. The molecule has 0 radical (unpaired) electrons. The number of ether oxygens (including phenoxy) is 1. The highest BCUT2D eigenvalue weighted by Gasteiger charge is 2.27. The number of nitrogens with one attached hydrogen (secondary N) is 1. The van der Waals surface area contributed by atoms with E-state index in [2.05, 4.69) is 4.72 Å². The van der Waals surface area contributed by atoms with E-state index in [1.54, 1.807) is 49.2 Å². The molecule has 0 atom stereocenters. The van der Waals surface area contributed by atoms with Gasteiger partial charge < -0.3 is 9.64 Å². The molecule has 1 aliphatic heterocycles. The van der Waals surface area contributed by atoms with Crippen molar-refractivity contribution in [2.45, 2.75) is 24.7 Å². The van der Waals surface area contributed by atoms with Crippen molar-refractivity contribution >= 4 is 50.8 Å². The van der Waals surface area contributed by atoms with Crippen LogP contribution in [0.4, 0.5) is 5.69 Å². The van der Waals surface area contributed by atoms with E-state index in [0.717, 1.165) is 25.0 Å². The number of hydrogen-bond donors (Lipinski definition) is 1. The Kier molecular flexibility index (Phi) is 7.67. The molecule has 0 aliphatic carbocycles. The van der Waals surface area contributed by atoms with Crippen molar-refractivity contribution in [3.63, 3.8) is 0 Å². The van der Waals surface area contributed by atoms with Crippen LogP contribution in [-0.4, -0.2) is 54.3 Å². The second-order valence-electron chi connectivity index (χ2n) is 8.48. The summed E-state index contributed by atoms with van der Waals surface area (Å²) in [6.07, 6.45) is 1.77. The molecule has 0 spiro atoms. The lowest BCUT2D eigenvalue weighted by molar-refractivity contribution is -0.133. The minimum Gasteiger partial charge on any atom is -0.452 e. The summed E-state index contributed by atoms with van der Waals surface area (Å²) in [5, 5.41) is -0.551. The molecule has 2 aromatic carbocycles. The first-order chi connectivity index (χ1) is 17.5. The van der Waals surface area contributed by atoms with Gasteiger partial charge in [0, 0.05) is 20.1 Å². The number of hydrogen-bond acceptors (Lipinski definition) is 6. The topological polar surface area (TPSA) is 120 Å². The van der Waals surface area contributed by atoms with Gasteiger partial charge in [0.1, 0.15) is 10.6 Å². The van der Waals surface area contributed by atoms with E-state index < -0.39 is 33.1 Å². The standard InChI is InChI=1S/C24H24Cl2N4O6S/c1-15-22(23(32)30(28(15)2)17-8-4-3-5-9-17)27-37(34,35)19-13-16(12-18(25)21(19)26)24(33)36-14-20(31)29-10-6-7-11-29/h3-5,8-9,12-13,27H,6-7,10-11,14H2,1-2H3. The lowest BCUT2D eigenvalue weighted by atomic mass is 10.2. The van der Waals surface area contributed by atoms with E-state index in [9.17, 15) is 22.8 Å². The van der Waals surface area contributed by atoms with Gasteiger partial charge in [-0.15, -0.1) is 0 Å². The highest BCUT2D eigenvalue weighted by Crippen LogP contribution is 2.32. The highest BCUT2D eigenvalue weighted by atomic mass is 35.5. The first-order valence-electron chi connectivity index (χ1n) is 11.3. The number of para-hydroxylation sites is 1. The zero-order valence-corrected chi connectivity index (χ0v) is 22.4. The normalized spacial score (nSPS) is 13.6. The SMILES string of the molecule is Cc1c(NS(=O)(=O)c2cc(C(=O)OCC(=O)N3CCCC3)cc(Cl)c2Cl)c(=O)n(-c2ccccc2)n1C. The van der Waals surface area contributed by atoms with Crippen molar-refractivity contribution < 1.29 is 22.7 Å². The van der Waals surface area contributed by atoms with E-state index in [-0.39, 0.29) is 27.2 Å². The molecule has 3 aromatic rings. The van der Waals surface area contributed by atoms with E-state index in [0.29, 0.717) is 24.5 Å². The maximum absolute atomic E-state index is 13.3. The summed E-state index contributed by atoms with van der Waals surface area (Å²) in [4.78, 5) is 39.0. The van der Waals surface area contributed by atoms with Crippen LogP contribution in [0, 0.1) is 6.92 Å². The first-order valence-corrected chi connectivity index (χ1v) is 13.6. The summed E-state index contributed by atoms with van der Waals surface area (Å²) in [6.45, 7) is 2.30. The Balaban J connectivity index is 1.63. The zero-order valence-electron chi connectivity index (χ0n) is 20.0. The second-order valence-corrected chi connectivity index (χ2v) is 10.9. The van der Waals surface area contributed by atoms with Crippen LogP contribution in [0.5, 0.6) is 0 Å². The fourth-order valence-corrected chi connectivity index (χ4v) is 5.95. The number of sulfonamides is 1. The summed E-state index contributed by atoms with van der Waals surface area (Å²) in [7, 11) is -2.86. The maximum atomic E-state index is 13.3. The fourth-order valence-electron chi connectivity index (χ4n) is 4.02. The predicted molar refractivity (Wildman–Crippen MR) is 139 cm³/mol. The third kappa shape index (κ3) is 5.39. The third-order valence-corrected chi connectivity index (χ3v) is 8.38. The number of esters is 1. The number of amides is 1. The van der Waals surface area contributed by atoms with Crippen LogP contribution in [0.15, 0.2) is 52.2 Å². The van der Waals surface area contributed by atoms with Gasteiger partial charge >= 0.3 is 5.97 Å². The molecule has 4 rings (SSSR count). The number of nitrogens with zero attached hydrogens (tertiary/aromatic N) is 3. The molecule has 1 aliphatic rings. The number of likely N-dealkylation sites (tertiary alicyclic amines) is 1. The van der Waals surface area contributed by atoms with Gasteiger partial charge in [-0.25, -0.2) is 17.9 Å². The summed E-state index contributed by atoms with van der Waals surface area (Å²) >= 11 is 12.3. The van der Waals surface area contributed by atoms with Crippen molar-refractivity contribution in [1.29, 1.82) is 0 Å². The molecule has 0 bridgehead atoms. The molecule has 1 amide bonds. The molecule has 13 heteroatoms. The average molecular weight is 567 g/mol. The van der Waals surface area contributed by atoms with Crippen LogP contribution in [0.3, 0.4) is 0 Å². The van der Waals surface area contributed by atoms with E-state index >= 15 is 0 Å². The molecule has 0 unspecified atom stereocenters. The number of aromatic nitrogens is 2. The van der Waals surface area contributed by atoms with E-state index in [4.69, 9.17) is 27.9 Å². The van der Waals surface area contributed by atoms with E-state index in [1.807, 2.05) is 0 Å². The lowest BCUT2D eigenvalue weighted by Gasteiger charge is -2.15. The largest absolute Gasteiger partial charge is 0.452 e. The molecule has 1 aromatic heterocycles. The molecule has 2 heterocycles. The molecular weight excluding hydrogens is 543 g/mol. The Morgan fingerprint density at radius 1 is 1.08 bits per heavy atom. The number of anilines is 1. The van der Waals surface area contributed by atoms with Crippen LogP contribution in [0.2, 0.25) is 10.0 Å². The molecule has 1 saturated heterocycles. The van der Waals surface area contributed by atoms with Gasteiger partial charge in [0.15, 0.2) is 6.61 Å². The minimum atomic E-state index is -4.47. The Morgan fingerprint density at radius 2 is 1.73 bits per heavy atom. The summed E-state index contributed by atoms with van der Waals surface area (Å²) in [5.41, 5.74) is -0.125. The van der Waals surface area contributed by atoms with Gasteiger partial charge in [-0.3, -0.25) is 19.0 Å². The Labute approximate surface area is 223 Å². The Bertz CT molecular complexity index is 1530. The summed E-state index contributed by atoms with van der Waals surface area (Å²) in [6, 6.07) is 10.9. The molecule has 1 fully saturated rings. The van der Waals surface area contributed by atoms with Gasteiger partial charge in [-0.2, -0.15) is 0 Å². The van der Waals surface area contributed by atoms with Crippen molar-refractivity contribution in [3.8, 4) is 5.69 Å². The molecule has 0 saturated carbocycles. The zero-order chi connectivity index (χ0) is 26.9. The van der Waals surface area contributed by atoms with Crippen molar-refractivity contribution in [1.82, 2.24) is 14.3 Å². The van der Waals surface area contributed by atoms with Crippen LogP contribution < -0.4 is 10.3 Å². The van der Waals surface area contributed by atoms with Crippen molar-refractivity contribution in [3.05, 3.63) is 74.1 Å².